The molecule has 5 nitrogen and oxygen atoms in total. The second kappa shape index (κ2) is 6.33. The third-order valence-corrected chi connectivity index (χ3v) is 2.72. The SMILES string of the molecule is CCCC(=O)NCc1nnc(-c2ccc(Cl)cc2)o1. The number of hydrogen-bond donors (Lipinski definition) is 1. The maximum Gasteiger partial charge on any atom is 0.247 e. The van der Waals surface area contributed by atoms with Gasteiger partial charge in [-0.05, 0) is 30.7 Å². The van der Waals surface area contributed by atoms with Crippen LogP contribution in [0.3, 0.4) is 0 Å². The van der Waals surface area contributed by atoms with Gasteiger partial charge < -0.3 is 9.73 Å². The van der Waals surface area contributed by atoms with Gasteiger partial charge in [0.05, 0.1) is 6.54 Å². The topological polar surface area (TPSA) is 68.0 Å². The number of nitrogens with one attached hydrogen (secondary N) is 1. The Bertz CT molecular complexity index is 551. The van der Waals surface area contributed by atoms with Gasteiger partial charge in [-0.2, -0.15) is 0 Å². The molecule has 19 heavy (non-hydrogen) atoms. The van der Waals surface area contributed by atoms with Crippen LogP contribution in [0.15, 0.2) is 28.7 Å². The lowest BCUT2D eigenvalue weighted by atomic mass is 10.2. The molecule has 0 aliphatic heterocycles. The summed E-state index contributed by atoms with van der Waals surface area (Å²) in [7, 11) is 0. The molecule has 100 valence electrons. The van der Waals surface area contributed by atoms with E-state index >= 15 is 0 Å². The van der Waals surface area contributed by atoms with Gasteiger partial charge in [0.1, 0.15) is 0 Å². The maximum atomic E-state index is 11.3. The number of carbonyl (C=O) groups is 1. The van der Waals surface area contributed by atoms with Crippen LogP contribution in [0.25, 0.3) is 11.5 Å². The van der Waals surface area contributed by atoms with Gasteiger partial charge >= 0.3 is 0 Å². The maximum absolute atomic E-state index is 11.3. The minimum absolute atomic E-state index is 0.0197. The Morgan fingerprint density at radius 2 is 2.05 bits per heavy atom. The Morgan fingerprint density at radius 1 is 1.32 bits per heavy atom. The van der Waals surface area contributed by atoms with Gasteiger partial charge in [-0.1, -0.05) is 18.5 Å². The fraction of sp³-hybridized carbons (Fsp3) is 0.308. The van der Waals surface area contributed by atoms with E-state index in [1.165, 1.54) is 0 Å². The zero-order valence-electron chi connectivity index (χ0n) is 10.5. The zero-order valence-corrected chi connectivity index (χ0v) is 11.3. The van der Waals surface area contributed by atoms with Crippen LogP contribution in [0, 0.1) is 0 Å². The summed E-state index contributed by atoms with van der Waals surface area (Å²) in [6.45, 7) is 2.20. The molecule has 0 spiro atoms. The molecule has 0 aliphatic rings. The van der Waals surface area contributed by atoms with Crippen molar-refractivity contribution < 1.29 is 9.21 Å². The molecule has 6 heteroatoms. The van der Waals surface area contributed by atoms with Gasteiger partial charge in [0.15, 0.2) is 0 Å². The van der Waals surface area contributed by atoms with Crippen molar-refractivity contribution in [1.82, 2.24) is 15.5 Å². The monoisotopic (exact) mass is 279 g/mol. The molecule has 1 heterocycles. The first kappa shape index (κ1) is 13.5. The molecular formula is C13H14ClN3O2. The van der Waals surface area contributed by atoms with Crippen LogP contribution in [0.5, 0.6) is 0 Å². The van der Waals surface area contributed by atoms with Crippen LogP contribution in [-0.2, 0) is 11.3 Å². The van der Waals surface area contributed by atoms with Crippen LogP contribution < -0.4 is 5.32 Å². The largest absolute Gasteiger partial charge is 0.419 e. The van der Waals surface area contributed by atoms with Crippen LogP contribution in [-0.4, -0.2) is 16.1 Å². The highest BCUT2D eigenvalue weighted by atomic mass is 35.5. The molecule has 1 aromatic carbocycles. The summed E-state index contributed by atoms with van der Waals surface area (Å²) in [6.07, 6.45) is 1.31. The fourth-order valence-corrected chi connectivity index (χ4v) is 1.65. The Morgan fingerprint density at radius 3 is 2.74 bits per heavy atom. The van der Waals surface area contributed by atoms with Gasteiger partial charge in [-0.15, -0.1) is 10.2 Å². The van der Waals surface area contributed by atoms with E-state index in [1.54, 1.807) is 24.3 Å². The first-order valence-electron chi connectivity index (χ1n) is 6.04. The number of amides is 1. The first-order valence-corrected chi connectivity index (χ1v) is 6.42. The quantitative estimate of drug-likeness (QED) is 0.914. The van der Waals surface area contributed by atoms with Gasteiger partial charge in [0.2, 0.25) is 17.7 Å². The average Bonchev–Trinajstić information content (AvgIpc) is 2.86. The van der Waals surface area contributed by atoms with Crippen molar-refractivity contribution in [2.45, 2.75) is 26.3 Å². The summed E-state index contributed by atoms with van der Waals surface area (Å²) < 4.78 is 5.46. The molecule has 1 N–H and O–H groups in total. The summed E-state index contributed by atoms with van der Waals surface area (Å²) in [5.74, 6) is 0.777. The van der Waals surface area contributed by atoms with Crippen molar-refractivity contribution in [3.05, 3.63) is 35.2 Å². The van der Waals surface area contributed by atoms with Crippen LogP contribution >= 0.6 is 11.6 Å². The molecule has 0 radical (unpaired) electrons. The number of aromatic nitrogens is 2. The van der Waals surface area contributed by atoms with Crippen molar-refractivity contribution in [2.75, 3.05) is 0 Å². The van der Waals surface area contributed by atoms with Gasteiger partial charge in [0, 0.05) is 17.0 Å². The smallest absolute Gasteiger partial charge is 0.247 e. The predicted molar refractivity (Wildman–Crippen MR) is 71.5 cm³/mol. The van der Waals surface area contributed by atoms with Gasteiger partial charge in [-0.25, -0.2) is 0 Å². The summed E-state index contributed by atoms with van der Waals surface area (Å²) in [6, 6.07) is 7.11. The minimum atomic E-state index is -0.0197. The lowest BCUT2D eigenvalue weighted by molar-refractivity contribution is -0.121. The minimum Gasteiger partial charge on any atom is -0.419 e. The van der Waals surface area contributed by atoms with Crippen molar-refractivity contribution in [1.29, 1.82) is 0 Å². The van der Waals surface area contributed by atoms with Crippen molar-refractivity contribution in [2.24, 2.45) is 0 Å². The zero-order chi connectivity index (χ0) is 13.7. The van der Waals surface area contributed by atoms with E-state index < -0.39 is 0 Å². The van der Waals surface area contributed by atoms with Crippen molar-refractivity contribution >= 4 is 17.5 Å². The van der Waals surface area contributed by atoms with E-state index in [9.17, 15) is 4.79 Å². The molecule has 0 atom stereocenters. The standard InChI is InChI=1S/C13H14ClN3O2/c1-2-3-11(18)15-8-12-16-17-13(19-12)9-4-6-10(14)7-5-9/h4-7H,2-3,8H2,1H3,(H,15,18). The van der Waals surface area contributed by atoms with Crippen molar-refractivity contribution in [3.8, 4) is 11.5 Å². The number of halogens is 1. The second-order valence-corrected chi connectivity index (χ2v) is 4.47. The summed E-state index contributed by atoms with van der Waals surface area (Å²) in [5.41, 5.74) is 0.794. The molecular weight excluding hydrogens is 266 g/mol. The van der Waals surface area contributed by atoms with E-state index in [2.05, 4.69) is 15.5 Å². The molecule has 1 aromatic heterocycles. The van der Waals surface area contributed by atoms with E-state index in [0.717, 1.165) is 12.0 Å². The van der Waals surface area contributed by atoms with E-state index in [4.69, 9.17) is 16.0 Å². The molecule has 0 fully saturated rings. The molecule has 2 rings (SSSR count). The number of benzene rings is 1. The second-order valence-electron chi connectivity index (χ2n) is 4.03. The van der Waals surface area contributed by atoms with Crippen LogP contribution in [0.4, 0.5) is 0 Å². The Hall–Kier alpha value is -1.88. The predicted octanol–water partition coefficient (Wildman–Crippen LogP) is 2.81. The Labute approximate surface area is 116 Å². The van der Waals surface area contributed by atoms with Crippen LogP contribution in [0.1, 0.15) is 25.7 Å². The summed E-state index contributed by atoms with van der Waals surface area (Å²) in [4.78, 5) is 11.3. The molecule has 0 aliphatic carbocycles. The molecule has 0 bridgehead atoms. The number of nitrogens with zero attached hydrogens (tertiary/aromatic N) is 2. The highest BCUT2D eigenvalue weighted by molar-refractivity contribution is 6.30. The summed E-state index contributed by atoms with van der Waals surface area (Å²) >= 11 is 5.80. The van der Waals surface area contributed by atoms with Gasteiger partial charge in [0.25, 0.3) is 0 Å². The van der Waals surface area contributed by atoms with Crippen molar-refractivity contribution in [3.63, 3.8) is 0 Å². The Balaban J connectivity index is 1.99. The highest BCUT2D eigenvalue weighted by Gasteiger charge is 2.09. The normalized spacial score (nSPS) is 10.4. The van der Waals surface area contributed by atoms with E-state index in [1.807, 2.05) is 6.92 Å². The Kier molecular flexibility index (Phi) is 4.52. The molecule has 2 aromatic rings. The van der Waals surface area contributed by atoms with E-state index in [0.29, 0.717) is 23.2 Å². The number of rotatable bonds is 5. The molecule has 0 saturated carbocycles. The third-order valence-electron chi connectivity index (χ3n) is 2.47. The molecule has 0 unspecified atom stereocenters. The first-order chi connectivity index (χ1) is 9.19. The average molecular weight is 280 g/mol. The third kappa shape index (κ3) is 3.79. The lowest BCUT2D eigenvalue weighted by Crippen LogP contribution is -2.22. The van der Waals surface area contributed by atoms with Gasteiger partial charge in [-0.3, -0.25) is 4.79 Å². The molecule has 0 saturated heterocycles. The summed E-state index contributed by atoms with van der Waals surface area (Å²) in [5, 5.41) is 11.2. The molecule has 1 amide bonds. The van der Waals surface area contributed by atoms with Crippen LogP contribution in [0.2, 0.25) is 5.02 Å². The lowest BCUT2D eigenvalue weighted by Gasteiger charge is -1.99. The van der Waals surface area contributed by atoms with E-state index in [-0.39, 0.29) is 12.5 Å². The fourth-order valence-electron chi connectivity index (χ4n) is 1.52. The number of hydrogen-bond acceptors (Lipinski definition) is 4. The number of carbonyl (C=O) groups excluding carboxylic acids is 1. The highest BCUT2D eigenvalue weighted by Crippen LogP contribution is 2.20.